The molecule has 1 aromatic rings. The van der Waals surface area contributed by atoms with E-state index in [0.717, 1.165) is 18.0 Å². The molecule has 0 bridgehead atoms. The molecule has 0 atom stereocenters. The molecular weight excluding hydrogens is 190 g/mol. The highest BCUT2D eigenvalue weighted by Crippen LogP contribution is 2.25. The lowest BCUT2D eigenvalue weighted by Gasteiger charge is -2.13. The van der Waals surface area contributed by atoms with Crippen LogP contribution in [0, 0.1) is 6.07 Å². The number of hydrogen-bond acceptors (Lipinski definition) is 3. The molecule has 1 radical (unpaired) electrons. The van der Waals surface area contributed by atoms with Crippen LogP contribution in [0.15, 0.2) is 18.2 Å². The Morgan fingerprint density at radius 2 is 2.07 bits per heavy atom. The van der Waals surface area contributed by atoms with Gasteiger partial charge in [0.15, 0.2) is 11.5 Å². The fourth-order valence-corrected chi connectivity index (χ4v) is 1.13. The Morgan fingerprint density at radius 1 is 1.27 bits per heavy atom. The average molecular weight is 208 g/mol. The van der Waals surface area contributed by atoms with Crippen LogP contribution in [0.4, 0.5) is 0 Å². The van der Waals surface area contributed by atoms with Gasteiger partial charge in [-0.2, -0.15) is 0 Å². The van der Waals surface area contributed by atoms with Crippen LogP contribution >= 0.6 is 0 Å². The Hall–Kier alpha value is -1.22. The predicted molar refractivity (Wildman–Crippen MR) is 60.5 cm³/mol. The molecule has 3 heteroatoms. The summed E-state index contributed by atoms with van der Waals surface area (Å²) >= 11 is 0. The number of hydrogen-bond donors (Lipinski definition) is 0. The van der Waals surface area contributed by atoms with Gasteiger partial charge in [-0.05, 0) is 39.2 Å². The third kappa shape index (κ3) is 4.21. The van der Waals surface area contributed by atoms with E-state index in [9.17, 15) is 0 Å². The average Bonchev–Trinajstić information content (AvgIpc) is 2.20. The zero-order chi connectivity index (χ0) is 11.1. The normalized spacial score (nSPS) is 10.4. The van der Waals surface area contributed by atoms with E-state index in [2.05, 4.69) is 11.0 Å². The van der Waals surface area contributed by atoms with Gasteiger partial charge in [0.1, 0.15) is 6.61 Å². The standard InChI is InChI=1S/C12H18NO2/c1-4-14-11-7-5-6-8-12(11)15-10-9-13(2)3/h6-8H,4,9-10H2,1-3H3. The van der Waals surface area contributed by atoms with Crippen LogP contribution in [0.2, 0.25) is 0 Å². The molecule has 0 N–H and O–H groups in total. The molecule has 0 fully saturated rings. The van der Waals surface area contributed by atoms with Gasteiger partial charge in [-0.3, -0.25) is 0 Å². The van der Waals surface area contributed by atoms with Crippen molar-refractivity contribution in [1.29, 1.82) is 0 Å². The summed E-state index contributed by atoms with van der Waals surface area (Å²) in [4.78, 5) is 2.08. The Bertz CT molecular complexity index is 287. The van der Waals surface area contributed by atoms with Crippen molar-refractivity contribution in [2.24, 2.45) is 0 Å². The Morgan fingerprint density at radius 3 is 2.73 bits per heavy atom. The lowest BCUT2D eigenvalue weighted by atomic mass is 10.3. The third-order valence-corrected chi connectivity index (χ3v) is 1.88. The second kappa shape index (κ2) is 6.30. The molecule has 1 aromatic carbocycles. The zero-order valence-corrected chi connectivity index (χ0v) is 9.62. The van der Waals surface area contributed by atoms with E-state index in [-0.39, 0.29) is 0 Å². The maximum atomic E-state index is 5.61. The van der Waals surface area contributed by atoms with Gasteiger partial charge >= 0.3 is 0 Å². The Kier molecular flexibility index (Phi) is 4.98. The smallest absolute Gasteiger partial charge is 0.161 e. The van der Waals surface area contributed by atoms with Gasteiger partial charge in [-0.1, -0.05) is 6.07 Å². The Balaban J connectivity index is 2.51. The Labute approximate surface area is 91.6 Å². The van der Waals surface area contributed by atoms with E-state index in [1.807, 2.05) is 33.2 Å². The van der Waals surface area contributed by atoms with Crippen LogP contribution in [0.25, 0.3) is 0 Å². The quantitative estimate of drug-likeness (QED) is 0.712. The summed E-state index contributed by atoms with van der Waals surface area (Å²) in [7, 11) is 4.04. The van der Waals surface area contributed by atoms with Crippen LogP contribution in [0.1, 0.15) is 6.92 Å². The van der Waals surface area contributed by atoms with E-state index < -0.39 is 0 Å². The molecule has 0 amide bonds. The third-order valence-electron chi connectivity index (χ3n) is 1.88. The molecule has 0 heterocycles. The van der Waals surface area contributed by atoms with Crippen molar-refractivity contribution in [2.75, 3.05) is 33.9 Å². The van der Waals surface area contributed by atoms with Crippen LogP contribution in [-0.2, 0) is 0 Å². The lowest BCUT2D eigenvalue weighted by molar-refractivity contribution is 0.244. The fourth-order valence-electron chi connectivity index (χ4n) is 1.13. The van der Waals surface area contributed by atoms with Gasteiger partial charge in [0.05, 0.1) is 6.61 Å². The molecule has 1 rings (SSSR count). The first-order valence-corrected chi connectivity index (χ1v) is 5.14. The van der Waals surface area contributed by atoms with Gasteiger partial charge in [0.2, 0.25) is 0 Å². The molecule has 0 saturated heterocycles. The molecule has 3 nitrogen and oxygen atoms in total. The first kappa shape index (κ1) is 11.9. The van der Waals surface area contributed by atoms with Crippen molar-refractivity contribution in [2.45, 2.75) is 6.92 Å². The zero-order valence-electron chi connectivity index (χ0n) is 9.62. The topological polar surface area (TPSA) is 21.7 Å². The van der Waals surface area contributed by atoms with Gasteiger partial charge in [-0.15, -0.1) is 0 Å². The van der Waals surface area contributed by atoms with Crippen LogP contribution < -0.4 is 9.47 Å². The molecular formula is C12H18NO2. The number of likely N-dealkylation sites (N-methyl/N-ethyl adjacent to an activating group) is 1. The molecule has 0 spiro atoms. The summed E-state index contributed by atoms with van der Waals surface area (Å²) in [5.41, 5.74) is 0. The van der Waals surface area contributed by atoms with Crippen molar-refractivity contribution >= 4 is 0 Å². The molecule has 0 aliphatic heterocycles. The predicted octanol–water partition coefficient (Wildman–Crippen LogP) is 1.83. The van der Waals surface area contributed by atoms with Crippen molar-refractivity contribution in [3.05, 3.63) is 24.3 Å². The van der Waals surface area contributed by atoms with E-state index in [4.69, 9.17) is 9.47 Å². The number of rotatable bonds is 6. The van der Waals surface area contributed by atoms with E-state index in [1.165, 1.54) is 0 Å². The van der Waals surface area contributed by atoms with Crippen molar-refractivity contribution in [1.82, 2.24) is 4.90 Å². The first-order chi connectivity index (χ1) is 7.24. The maximum absolute atomic E-state index is 5.61. The summed E-state index contributed by atoms with van der Waals surface area (Å²) < 4.78 is 11.0. The molecule has 0 saturated carbocycles. The van der Waals surface area contributed by atoms with Crippen molar-refractivity contribution in [3.8, 4) is 11.5 Å². The van der Waals surface area contributed by atoms with E-state index in [0.29, 0.717) is 13.2 Å². The van der Waals surface area contributed by atoms with Crippen LogP contribution in [-0.4, -0.2) is 38.8 Å². The summed E-state index contributed by atoms with van der Waals surface area (Å²) in [6.07, 6.45) is 0. The second-order valence-electron chi connectivity index (χ2n) is 3.46. The SMILES string of the molecule is CCOc1c[c]ccc1OCCN(C)C. The van der Waals surface area contributed by atoms with Gasteiger partial charge in [-0.25, -0.2) is 0 Å². The minimum Gasteiger partial charge on any atom is -0.490 e. The van der Waals surface area contributed by atoms with Crippen LogP contribution in [0.3, 0.4) is 0 Å². The summed E-state index contributed by atoms with van der Waals surface area (Å²) in [5, 5.41) is 0. The largest absolute Gasteiger partial charge is 0.490 e. The number of ether oxygens (including phenoxy) is 2. The minimum atomic E-state index is 0.641. The molecule has 83 valence electrons. The molecule has 0 aliphatic carbocycles. The second-order valence-corrected chi connectivity index (χ2v) is 3.46. The highest BCUT2D eigenvalue weighted by atomic mass is 16.5. The van der Waals surface area contributed by atoms with Crippen LogP contribution in [0.5, 0.6) is 11.5 Å². The highest BCUT2D eigenvalue weighted by Gasteiger charge is 2.02. The molecule has 0 aromatic heterocycles. The van der Waals surface area contributed by atoms with Gasteiger partial charge in [0.25, 0.3) is 0 Å². The monoisotopic (exact) mass is 208 g/mol. The van der Waals surface area contributed by atoms with E-state index >= 15 is 0 Å². The molecule has 0 aliphatic rings. The molecule has 15 heavy (non-hydrogen) atoms. The van der Waals surface area contributed by atoms with Crippen molar-refractivity contribution < 1.29 is 9.47 Å². The van der Waals surface area contributed by atoms with Gasteiger partial charge < -0.3 is 14.4 Å². The fraction of sp³-hybridized carbons (Fsp3) is 0.500. The number of benzene rings is 1. The highest BCUT2D eigenvalue weighted by molar-refractivity contribution is 5.38. The summed E-state index contributed by atoms with van der Waals surface area (Å²) in [5.74, 6) is 1.55. The van der Waals surface area contributed by atoms with Gasteiger partial charge in [0, 0.05) is 6.54 Å². The maximum Gasteiger partial charge on any atom is 0.161 e. The number of nitrogens with zero attached hydrogens (tertiary/aromatic N) is 1. The first-order valence-electron chi connectivity index (χ1n) is 5.14. The lowest BCUT2D eigenvalue weighted by Crippen LogP contribution is -2.19. The minimum absolute atomic E-state index is 0.641. The van der Waals surface area contributed by atoms with Crippen molar-refractivity contribution in [3.63, 3.8) is 0 Å². The molecule has 0 unspecified atom stereocenters. The summed E-state index contributed by atoms with van der Waals surface area (Å²) in [6.45, 7) is 4.15. The summed E-state index contributed by atoms with van der Waals surface area (Å²) in [6, 6.07) is 8.47. The van der Waals surface area contributed by atoms with E-state index in [1.54, 1.807) is 6.07 Å².